The number of amides is 4. The molecule has 43 heavy (non-hydrogen) atoms. The summed E-state index contributed by atoms with van der Waals surface area (Å²) >= 11 is 0. The number of Topliss-reactive ketones (excluding diaryl/α,β-unsaturated/α-hetero) is 1. The van der Waals surface area contributed by atoms with Crippen molar-refractivity contribution in [1.29, 1.82) is 0 Å². The van der Waals surface area contributed by atoms with Gasteiger partial charge in [-0.3, -0.25) is 28.7 Å². The molecule has 0 aromatic heterocycles. The molecule has 3 fully saturated rings. The van der Waals surface area contributed by atoms with Crippen LogP contribution in [0.3, 0.4) is 0 Å². The maximum atomic E-state index is 14.5. The van der Waals surface area contributed by atoms with E-state index in [1.54, 1.807) is 0 Å². The molecule has 1 aromatic rings. The van der Waals surface area contributed by atoms with Crippen molar-refractivity contribution in [2.24, 2.45) is 11.3 Å². The lowest BCUT2D eigenvalue weighted by Crippen LogP contribution is -2.53. The van der Waals surface area contributed by atoms with Gasteiger partial charge in [-0.1, -0.05) is 6.07 Å². The van der Waals surface area contributed by atoms with Gasteiger partial charge in [0.1, 0.15) is 12.6 Å². The first kappa shape index (κ1) is 32.0. The van der Waals surface area contributed by atoms with Crippen LogP contribution in [0.25, 0.3) is 0 Å². The number of carbonyl (C=O) groups excluding carboxylic acids is 5. The van der Waals surface area contributed by atoms with Gasteiger partial charge in [0.25, 0.3) is 0 Å². The average Bonchev–Trinajstić information content (AvgIpc) is 3.37. The molecule has 236 valence electrons. The molecule has 18 heteroatoms. The van der Waals surface area contributed by atoms with Crippen LogP contribution in [0.15, 0.2) is 18.2 Å². The predicted molar refractivity (Wildman–Crippen MR) is 128 cm³/mol. The van der Waals surface area contributed by atoms with E-state index in [1.165, 1.54) is 0 Å². The number of nitrogens with zero attached hydrogens (tertiary/aromatic N) is 1. The summed E-state index contributed by atoms with van der Waals surface area (Å²) in [7, 11) is 0. The van der Waals surface area contributed by atoms with Crippen molar-refractivity contribution in [3.8, 4) is 5.75 Å². The van der Waals surface area contributed by atoms with Gasteiger partial charge in [0, 0.05) is 19.0 Å². The van der Waals surface area contributed by atoms with Crippen molar-refractivity contribution in [2.75, 3.05) is 25.0 Å². The van der Waals surface area contributed by atoms with Crippen LogP contribution in [0.5, 0.6) is 5.75 Å². The Kier molecular flexibility index (Phi) is 8.90. The third-order valence-corrected chi connectivity index (χ3v) is 7.43. The summed E-state index contributed by atoms with van der Waals surface area (Å²) in [6, 6.07) is -0.527. The van der Waals surface area contributed by atoms with Crippen LogP contribution in [-0.4, -0.2) is 78.8 Å². The topological polar surface area (TPSA) is 143 Å². The fourth-order valence-electron chi connectivity index (χ4n) is 5.11. The number of halogens is 7. The first-order valence-corrected chi connectivity index (χ1v) is 12.9. The van der Waals surface area contributed by atoms with Crippen LogP contribution < -0.4 is 20.7 Å². The number of hydrogen-bond donors (Lipinski definition) is 3. The van der Waals surface area contributed by atoms with Crippen molar-refractivity contribution in [3.05, 3.63) is 24.0 Å². The van der Waals surface area contributed by atoms with E-state index < -0.39 is 89.4 Å². The summed E-state index contributed by atoms with van der Waals surface area (Å²) in [5.41, 5.74) is -1.36. The zero-order valence-corrected chi connectivity index (χ0v) is 22.1. The Hall–Kier alpha value is -3.96. The molecule has 0 bridgehead atoms. The summed E-state index contributed by atoms with van der Waals surface area (Å²) in [6.07, 6.45) is -9.32. The van der Waals surface area contributed by atoms with E-state index in [0.29, 0.717) is 18.9 Å². The molecule has 1 aromatic carbocycles. The minimum Gasteiger partial charge on any atom is -0.403 e. The number of ketones is 1. The molecule has 4 rings (SSSR count). The summed E-state index contributed by atoms with van der Waals surface area (Å²) in [4.78, 5) is 64.7. The van der Waals surface area contributed by atoms with Crippen molar-refractivity contribution in [1.82, 2.24) is 15.5 Å². The van der Waals surface area contributed by atoms with Gasteiger partial charge < -0.3 is 25.6 Å². The zero-order valence-electron chi connectivity index (χ0n) is 22.1. The maximum absolute atomic E-state index is 14.5. The highest BCUT2D eigenvalue weighted by Crippen LogP contribution is 2.54. The first-order chi connectivity index (χ1) is 20.0. The summed E-state index contributed by atoms with van der Waals surface area (Å²) in [5.74, 6) is -9.16. The molecular weight excluding hydrogens is 601 g/mol. The van der Waals surface area contributed by atoms with Crippen LogP contribution in [0, 0.1) is 17.2 Å². The molecule has 2 heterocycles. The highest BCUT2D eigenvalue weighted by molar-refractivity contribution is 6.40. The van der Waals surface area contributed by atoms with E-state index in [0.717, 1.165) is 17.0 Å². The summed E-state index contributed by atoms with van der Waals surface area (Å²) in [6.45, 7) is -1.30. The van der Waals surface area contributed by atoms with Crippen LogP contribution in [0.4, 0.5) is 36.4 Å². The third kappa shape index (κ3) is 8.11. The van der Waals surface area contributed by atoms with Gasteiger partial charge in [0.2, 0.25) is 11.8 Å². The van der Waals surface area contributed by atoms with Gasteiger partial charge in [-0.2, -0.15) is 0 Å². The number of alkyl halides is 6. The number of carbonyl (C=O) groups is 5. The summed E-state index contributed by atoms with van der Waals surface area (Å²) < 4.78 is 96.9. The number of benzene rings is 1. The normalized spacial score (nSPS) is 21.7. The standard InChI is InChI=1S/C25H25F7N4O7/c26-18-13(2-1-3-17(18)43-25(30,31)32)34-21(40)22(41)36-11-23(5-6-23)9-15(36)20(39)35-14(8-12-4-7-33-19(12)38)16(37)10-42-24(27,28)29/h1-3,12,14-15H,4-11H2,(H,33,38)(H,34,40)(H,35,39)/t12-,14-,15-/m0/s1. The van der Waals surface area contributed by atoms with Crippen LogP contribution in [0.2, 0.25) is 0 Å². The van der Waals surface area contributed by atoms with Crippen molar-refractivity contribution >= 4 is 35.1 Å². The van der Waals surface area contributed by atoms with Crippen LogP contribution >= 0.6 is 0 Å². The molecule has 2 aliphatic heterocycles. The molecule has 1 aliphatic carbocycles. The van der Waals surface area contributed by atoms with Crippen LogP contribution in [-0.2, 0) is 28.7 Å². The predicted octanol–water partition coefficient (Wildman–Crippen LogP) is 2.16. The molecule has 0 unspecified atom stereocenters. The molecule has 1 saturated carbocycles. The largest absolute Gasteiger partial charge is 0.573 e. The lowest BCUT2D eigenvalue weighted by molar-refractivity contribution is -0.321. The van der Waals surface area contributed by atoms with Gasteiger partial charge in [-0.25, -0.2) is 4.39 Å². The molecule has 2 saturated heterocycles. The quantitative estimate of drug-likeness (QED) is 0.282. The number of nitrogens with one attached hydrogen (secondary N) is 3. The number of likely N-dealkylation sites (tertiary alicyclic amines) is 1. The smallest absolute Gasteiger partial charge is 0.403 e. The maximum Gasteiger partial charge on any atom is 0.573 e. The SMILES string of the molecule is O=C(Nc1cccc(OC(F)(F)F)c1F)C(=O)N1CC2(CC2)C[C@H]1C(=O)N[C@@H](C[C@@H]1CCNC1=O)C(=O)COC(F)(F)F. The van der Waals surface area contributed by atoms with E-state index in [9.17, 15) is 54.7 Å². The molecule has 0 radical (unpaired) electrons. The Morgan fingerprint density at radius 1 is 1.09 bits per heavy atom. The second-order valence-electron chi connectivity index (χ2n) is 10.5. The highest BCUT2D eigenvalue weighted by atomic mass is 19.4. The zero-order chi connectivity index (χ0) is 31.7. The van der Waals surface area contributed by atoms with Gasteiger partial charge in [0.15, 0.2) is 17.3 Å². The Morgan fingerprint density at radius 2 is 1.79 bits per heavy atom. The van der Waals surface area contributed by atoms with E-state index in [4.69, 9.17) is 0 Å². The Bertz CT molecular complexity index is 1300. The minimum atomic E-state index is -5.24. The molecule has 4 amide bonds. The molecule has 3 aliphatic rings. The fraction of sp³-hybridized carbons (Fsp3) is 0.560. The minimum absolute atomic E-state index is 0.0327. The Balaban J connectivity index is 1.48. The van der Waals surface area contributed by atoms with Crippen molar-refractivity contribution in [2.45, 2.75) is 56.9 Å². The van der Waals surface area contributed by atoms with Gasteiger partial charge in [-0.15, -0.1) is 26.3 Å². The number of anilines is 1. The van der Waals surface area contributed by atoms with E-state index in [2.05, 4.69) is 20.1 Å². The van der Waals surface area contributed by atoms with Gasteiger partial charge in [0.05, 0.1) is 11.7 Å². The highest BCUT2D eigenvalue weighted by Gasteiger charge is 2.56. The van der Waals surface area contributed by atoms with E-state index in [1.807, 2.05) is 5.32 Å². The van der Waals surface area contributed by atoms with Gasteiger partial charge in [-0.05, 0) is 49.7 Å². The first-order valence-electron chi connectivity index (χ1n) is 12.9. The molecule has 11 nitrogen and oxygen atoms in total. The Labute approximate surface area is 238 Å². The van der Waals surface area contributed by atoms with E-state index >= 15 is 0 Å². The van der Waals surface area contributed by atoms with Crippen LogP contribution in [0.1, 0.15) is 32.1 Å². The fourth-order valence-corrected chi connectivity index (χ4v) is 5.11. The molecule has 1 spiro atoms. The summed E-state index contributed by atoms with van der Waals surface area (Å²) in [5, 5.41) is 6.66. The third-order valence-electron chi connectivity index (χ3n) is 7.43. The second-order valence-corrected chi connectivity index (χ2v) is 10.5. The Morgan fingerprint density at radius 3 is 2.37 bits per heavy atom. The van der Waals surface area contributed by atoms with Crippen molar-refractivity contribution < 1.29 is 64.2 Å². The lowest BCUT2D eigenvalue weighted by atomic mass is 9.95. The average molecular weight is 626 g/mol. The lowest BCUT2D eigenvalue weighted by Gasteiger charge is -2.26. The molecular formula is C25H25F7N4O7. The molecule has 3 atom stereocenters. The van der Waals surface area contributed by atoms with E-state index in [-0.39, 0.29) is 32.4 Å². The van der Waals surface area contributed by atoms with Gasteiger partial charge >= 0.3 is 24.5 Å². The molecule has 3 N–H and O–H groups in total. The monoisotopic (exact) mass is 626 g/mol. The van der Waals surface area contributed by atoms with Crippen molar-refractivity contribution in [3.63, 3.8) is 0 Å². The second kappa shape index (κ2) is 12.0. The number of ether oxygens (including phenoxy) is 2. The number of rotatable bonds is 9. The number of hydrogen-bond acceptors (Lipinski definition) is 7.